The summed E-state index contributed by atoms with van der Waals surface area (Å²) in [7, 11) is 3.61. The second-order valence-electron chi connectivity index (χ2n) is 7.78. The Morgan fingerprint density at radius 3 is 2.55 bits per heavy atom. The third kappa shape index (κ3) is 4.40. The molecule has 0 aromatic carbocycles. The van der Waals surface area contributed by atoms with Gasteiger partial charge in [0, 0.05) is 31.2 Å². The van der Waals surface area contributed by atoms with Crippen LogP contribution in [0.15, 0.2) is 29.9 Å². The maximum Gasteiger partial charge on any atom is 0.417 e. The van der Waals surface area contributed by atoms with Crippen molar-refractivity contribution in [3.63, 3.8) is 0 Å². The highest BCUT2D eigenvalue weighted by Crippen LogP contribution is 2.39. The highest BCUT2D eigenvalue weighted by Gasteiger charge is 2.34. The predicted molar refractivity (Wildman–Crippen MR) is 121 cm³/mol. The first-order valence-corrected chi connectivity index (χ1v) is 10.2. The van der Waals surface area contributed by atoms with E-state index in [4.69, 9.17) is 0 Å². The second kappa shape index (κ2) is 8.16. The summed E-state index contributed by atoms with van der Waals surface area (Å²) in [4.78, 5) is 15.2. The molecule has 0 spiro atoms. The Morgan fingerprint density at radius 2 is 1.87 bits per heavy atom. The fourth-order valence-corrected chi connectivity index (χ4v) is 4.15. The van der Waals surface area contributed by atoms with E-state index in [1.54, 1.807) is 7.05 Å². The summed E-state index contributed by atoms with van der Waals surface area (Å²) in [5.41, 5.74) is 3.26. The number of alkyl halides is 3. The van der Waals surface area contributed by atoms with E-state index in [0.29, 0.717) is 10.8 Å². The van der Waals surface area contributed by atoms with E-state index in [1.165, 1.54) is 16.9 Å². The van der Waals surface area contributed by atoms with Crippen molar-refractivity contribution in [3.05, 3.63) is 41.0 Å². The molecule has 31 heavy (non-hydrogen) atoms. The monoisotopic (exact) mass is 470 g/mol. The summed E-state index contributed by atoms with van der Waals surface area (Å²) >= 11 is 1.34. The van der Waals surface area contributed by atoms with Crippen LogP contribution in [0.5, 0.6) is 0 Å². The lowest BCUT2D eigenvalue weighted by Gasteiger charge is -2.29. The lowest BCUT2D eigenvalue weighted by atomic mass is 9.99. The molecule has 4 rings (SSSR count). The van der Waals surface area contributed by atoms with E-state index in [2.05, 4.69) is 57.4 Å². The van der Waals surface area contributed by atoms with Crippen molar-refractivity contribution in [3.8, 4) is 11.4 Å². The quantitative estimate of drug-likeness (QED) is 0.517. The van der Waals surface area contributed by atoms with Crippen LogP contribution in [0.3, 0.4) is 0 Å². The zero-order chi connectivity index (χ0) is 21.7. The summed E-state index contributed by atoms with van der Waals surface area (Å²) in [6, 6.07) is 3.07. The van der Waals surface area contributed by atoms with Gasteiger partial charge in [0.25, 0.3) is 0 Å². The Morgan fingerprint density at radius 1 is 1.13 bits per heavy atom. The van der Waals surface area contributed by atoms with E-state index in [9.17, 15) is 13.2 Å². The van der Waals surface area contributed by atoms with Gasteiger partial charge in [-0.05, 0) is 38.0 Å². The fourth-order valence-electron chi connectivity index (χ4n) is 3.44. The number of thiazole rings is 1. The molecule has 0 bridgehead atoms. The number of rotatable bonds is 4. The minimum atomic E-state index is -4.45. The molecule has 1 aliphatic rings. The van der Waals surface area contributed by atoms with Crippen LogP contribution < -0.4 is 15.5 Å². The zero-order valence-electron chi connectivity index (χ0n) is 17.3. The fraction of sp³-hybridized carbons (Fsp3) is 0.350. The highest BCUT2D eigenvalue weighted by atomic mass is 35.5. The number of pyridine rings is 2. The Bertz CT molecular complexity index is 1100. The Kier molecular flexibility index (Phi) is 6.07. The van der Waals surface area contributed by atoms with Crippen molar-refractivity contribution in [2.24, 2.45) is 0 Å². The Balaban J connectivity index is 0.00000272. The van der Waals surface area contributed by atoms with E-state index in [-0.39, 0.29) is 29.5 Å². The van der Waals surface area contributed by atoms with Crippen molar-refractivity contribution in [2.45, 2.75) is 32.0 Å². The van der Waals surface area contributed by atoms with Crippen molar-refractivity contribution in [1.82, 2.24) is 15.0 Å². The standard InChI is InChI=1S/C20H21F3N6S.ClH/c1-19(2)7-11-5-13(25-9-16(11)29(19)4)15-10-30-18(27-15)28-17-14(24-3)6-12(8-26-17)20(21,22)23;/h5-6,8-10,24H,7H2,1-4H3,(H,26,27,28);1H. The molecule has 0 unspecified atom stereocenters. The summed E-state index contributed by atoms with van der Waals surface area (Å²) in [5.74, 6) is 0.275. The van der Waals surface area contributed by atoms with Crippen LogP contribution in [-0.4, -0.2) is 34.6 Å². The summed E-state index contributed by atoms with van der Waals surface area (Å²) < 4.78 is 38.7. The first kappa shape index (κ1) is 23.1. The van der Waals surface area contributed by atoms with Crippen LogP contribution in [0.25, 0.3) is 11.4 Å². The van der Waals surface area contributed by atoms with E-state index in [0.717, 1.165) is 30.1 Å². The number of anilines is 4. The molecule has 1 aliphatic heterocycles. The van der Waals surface area contributed by atoms with Crippen LogP contribution >= 0.6 is 23.7 Å². The molecule has 3 aromatic rings. The largest absolute Gasteiger partial charge is 0.417 e. The number of aromatic nitrogens is 3. The predicted octanol–water partition coefficient (Wildman–Crippen LogP) is 5.60. The molecule has 0 atom stereocenters. The molecule has 6 nitrogen and oxygen atoms in total. The van der Waals surface area contributed by atoms with Gasteiger partial charge < -0.3 is 15.5 Å². The van der Waals surface area contributed by atoms with Crippen LogP contribution in [0.2, 0.25) is 0 Å². The highest BCUT2D eigenvalue weighted by molar-refractivity contribution is 7.14. The first-order valence-electron chi connectivity index (χ1n) is 9.29. The van der Waals surface area contributed by atoms with Gasteiger partial charge in [-0.25, -0.2) is 9.97 Å². The van der Waals surface area contributed by atoms with E-state index >= 15 is 0 Å². The van der Waals surface area contributed by atoms with E-state index < -0.39 is 11.7 Å². The van der Waals surface area contributed by atoms with Crippen molar-refractivity contribution < 1.29 is 13.2 Å². The van der Waals surface area contributed by atoms with Gasteiger partial charge in [-0.15, -0.1) is 23.7 Å². The number of hydrogen-bond acceptors (Lipinski definition) is 7. The molecular formula is C20H22ClF3N6S. The topological polar surface area (TPSA) is 66.0 Å². The third-order valence-corrected chi connectivity index (χ3v) is 6.09. The van der Waals surface area contributed by atoms with Crippen molar-refractivity contribution in [1.29, 1.82) is 0 Å². The van der Waals surface area contributed by atoms with E-state index in [1.807, 2.05) is 11.6 Å². The maximum absolute atomic E-state index is 12.9. The zero-order valence-corrected chi connectivity index (χ0v) is 19.0. The smallest absolute Gasteiger partial charge is 0.385 e. The lowest BCUT2D eigenvalue weighted by Crippen LogP contribution is -2.37. The molecule has 3 aromatic heterocycles. The van der Waals surface area contributed by atoms with Gasteiger partial charge in [0.2, 0.25) is 0 Å². The van der Waals surface area contributed by atoms with Crippen LogP contribution in [0, 0.1) is 0 Å². The number of halogens is 4. The summed E-state index contributed by atoms with van der Waals surface area (Å²) in [6.45, 7) is 4.38. The molecule has 4 heterocycles. The molecular weight excluding hydrogens is 449 g/mol. The summed E-state index contributed by atoms with van der Waals surface area (Å²) in [5, 5.41) is 8.12. The van der Waals surface area contributed by atoms with Gasteiger partial charge in [0.1, 0.15) is 5.69 Å². The molecule has 166 valence electrons. The number of likely N-dealkylation sites (N-methyl/N-ethyl adjacent to an activating group) is 1. The molecule has 0 radical (unpaired) electrons. The van der Waals surface area contributed by atoms with Crippen molar-refractivity contribution >= 4 is 46.1 Å². The maximum atomic E-state index is 12.9. The first-order chi connectivity index (χ1) is 14.1. The van der Waals surface area contributed by atoms with Gasteiger partial charge in [-0.3, -0.25) is 4.98 Å². The Labute approximate surface area is 188 Å². The Hall–Kier alpha value is -2.59. The van der Waals surface area contributed by atoms with Crippen molar-refractivity contribution in [2.75, 3.05) is 29.6 Å². The molecule has 0 saturated carbocycles. The molecule has 0 fully saturated rings. The third-order valence-electron chi connectivity index (χ3n) is 5.33. The number of fused-ring (bicyclic) bond motifs is 1. The average Bonchev–Trinajstić information content (AvgIpc) is 3.23. The normalized spacial score (nSPS) is 14.7. The molecule has 2 N–H and O–H groups in total. The molecule has 0 aliphatic carbocycles. The number of nitrogens with one attached hydrogen (secondary N) is 2. The molecule has 0 amide bonds. The SMILES string of the molecule is CNc1cc(C(F)(F)F)cnc1Nc1nc(-c2cc3c(cn2)N(C)C(C)(C)C3)cs1.Cl. The van der Waals surface area contributed by atoms with Gasteiger partial charge >= 0.3 is 6.18 Å². The van der Waals surface area contributed by atoms with Crippen LogP contribution in [0.4, 0.5) is 35.5 Å². The van der Waals surface area contributed by atoms with Crippen LogP contribution in [-0.2, 0) is 12.6 Å². The van der Waals surface area contributed by atoms with Gasteiger partial charge in [-0.1, -0.05) is 0 Å². The van der Waals surface area contributed by atoms with Gasteiger partial charge in [0.15, 0.2) is 10.9 Å². The lowest BCUT2D eigenvalue weighted by molar-refractivity contribution is -0.137. The molecule has 11 heteroatoms. The molecule has 0 saturated heterocycles. The summed E-state index contributed by atoms with van der Waals surface area (Å²) in [6.07, 6.45) is -0.863. The number of hydrogen-bond donors (Lipinski definition) is 2. The van der Waals surface area contributed by atoms with Gasteiger partial charge in [0.05, 0.1) is 28.8 Å². The van der Waals surface area contributed by atoms with Gasteiger partial charge in [-0.2, -0.15) is 13.2 Å². The second-order valence-corrected chi connectivity index (χ2v) is 8.64. The number of nitrogens with zero attached hydrogens (tertiary/aromatic N) is 4. The minimum absolute atomic E-state index is 0. The minimum Gasteiger partial charge on any atom is -0.385 e. The average molecular weight is 471 g/mol. The van der Waals surface area contributed by atoms with Crippen LogP contribution in [0.1, 0.15) is 25.0 Å².